The van der Waals surface area contributed by atoms with Crippen molar-refractivity contribution in [3.05, 3.63) is 22.2 Å². The lowest BCUT2D eigenvalue weighted by Gasteiger charge is -2.13. The zero-order valence-corrected chi connectivity index (χ0v) is 13.1. The molecule has 0 bridgehead atoms. The average molecular weight is 326 g/mol. The average Bonchev–Trinajstić information content (AvgIpc) is 2.25. The highest BCUT2D eigenvalue weighted by Crippen LogP contribution is 2.32. The van der Waals surface area contributed by atoms with E-state index in [0.717, 1.165) is 13.0 Å². The maximum atomic E-state index is 11.2. The molecule has 5 nitrogen and oxygen atoms in total. The maximum Gasteiger partial charge on any atom is 0.238 e. The largest absolute Gasteiger partial charge is 0.383 e. The molecule has 0 unspecified atom stereocenters. The van der Waals surface area contributed by atoms with Crippen LogP contribution >= 0.6 is 23.2 Å². The van der Waals surface area contributed by atoms with Crippen molar-refractivity contribution < 1.29 is 8.42 Å². The van der Waals surface area contributed by atoms with Crippen LogP contribution in [0, 0.1) is 0 Å². The Labute approximate surface area is 123 Å². The topological polar surface area (TPSA) is 75.4 Å². The first-order chi connectivity index (χ1) is 8.71. The summed E-state index contributed by atoms with van der Waals surface area (Å²) in [6, 6.07) is 2.58. The van der Waals surface area contributed by atoms with Gasteiger partial charge in [-0.05, 0) is 39.2 Å². The van der Waals surface area contributed by atoms with Gasteiger partial charge in [0, 0.05) is 6.54 Å². The Morgan fingerprint density at radius 3 is 2.21 bits per heavy atom. The smallest absolute Gasteiger partial charge is 0.238 e. The summed E-state index contributed by atoms with van der Waals surface area (Å²) in [5.41, 5.74) is 0.523. The maximum absolute atomic E-state index is 11.2. The molecule has 1 aromatic carbocycles. The fourth-order valence-corrected chi connectivity index (χ4v) is 2.81. The van der Waals surface area contributed by atoms with Gasteiger partial charge in [-0.2, -0.15) is 0 Å². The predicted molar refractivity (Wildman–Crippen MR) is 79.5 cm³/mol. The third kappa shape index (κ3) is 5.16. The second-order valence-corrected chi connectivity index (χ2v) is 6.77. The fourth-order valence-electron chi connectivity index (χ4n) is 1.49. The highest BCUT2D eigenvalue weighted by molar-refractivity contribution is 7.89. The van der Waals surface area contributed by atoms with Crippen molar-refractivity contribution in [3.8, 4) is 0 Å². The lowest BCUT2D eigenvalue weighted by Crippen LogP contribution is -2.17. The standard InChI is InChI=1S/C11H17Cl2N3O2S/c1-16(2)5-3-4-15-11-9(12)6-8(7-10(11)13)19(14,17)18/h6-7,15H,3-5H2,1-2H3,(H2,14,17,18). The van der Waals surface area contributed by atoms with Gasteiger partial charge in [-0.15, -0.1) is 0 Å². The first-order valence-electron chi connectivity index (χ1n) is 5.62. The van der Waals surface area contributed by atoms with Crippen LogP contribution < -0.4 is 10.5 Å². The van der Waals surface area contributed by atoms with Crippen molar-refractivity contribution in [3.63, 3.8) is 0 Å². The van der Waals surface area contributed by atoms with Gasteiger partial charge >= 0.3 is 0 Å². The molecular weight excluding hydrogens is 309 g/mol. The minimum absolute atomic E-state index is 0.0960. The number of benzene rings is 1. The van der Waals surface area contributed by atoms with Crippen LogP contribution in [0.1, 0.15) is 6.42 Å². The van der Waals surface area contributed by atoms with E-state index in [2.05, 4.69) is 10.2 Å². The molecule has 0 heterocycles. The molecule has 0 spiro atoms. The first kappa shape index (κ1) is 16.5. The van der Waals surface area contributed by atoms with Crippen LogP contribution in [0.2, 0.25) is 10.0 Å². The van der Waals surface area contributed by atoms with Gasteiger partial charge in [0.2, 0.25) is 10.0 Å². The minimum Gasteiger partial charge on any atom is -0.383 e. The monoisotopic (exact) mass is 325 g/mol. The molecule has 0 radical (unpaired) electrons. The molecule has 0 aliphatic heterocycles. The van der Waals surface area contributed by atoms with Crippen molar-refractivity contribution in [2.45, 2.75) is 11.3 Å². The van der Waals surface area contributed by atoms with Gasteiger partial charge in [0.1, 0.15) is 0 Å². The van der Waals surface area contributed by atoms with E-state index in [0.29, 0.717) is 12.2 Å². The number of sulfonamides is 1. The molecule has 0 aliphatic rings. The Bertz CT molecular complexity index is 524. The zero-order valence-electron chi connectivity index (χ0n) is 10.8. The molecule has 0 amide bonds. The number of halogens is 2. The molecule has 0 saturated heterocycles. The van der Waals surface area contributed by atoms with Gasteiger partial charge in [0.05, 0.1) is 20.6 Å². The Balaban J connectivity index is 2.81. The van der Waals surface area contributed by atoms with Gasteiger partial charge in [0.25, 0.3) is 0 Å². The van der Waals surface area contributed by atoms with E-state index < -0.39 is 10.0 Å². The summed E-state index contributed by atoms with van der Waals surface area (Å²) in [5.74, 6) is 0. The summed E-state index contributed by atoms with van der Waals surface area (Å²) in [7, 11) is 0.170. The Morgan fingerprint density at radius 1 is 1.26 bits per heavy atom. The lowest BCUT2D eigenvalue weighted by atomic mass is 10.3. The second kappa shape index (κ2) is 6.76. The van der Waals surface area contributed by atoms with E-state index in [1.807, 2.05) is 14.1 Å². The molecule has 0 aromatic heterocycles. The molecule has 3 N–H and O–H groups in total. The van der Waals surface area contributed by atoms with Gasteiger partial charge in [-0.25, -0.2) is 13.6 Å². The molecule has 8 heteroatoms. The van der Waals surface area contributed by atoms with Crippen LogP contribution in [0.15, 0.2) is 17.0 Å². The Kier molecular flexibility index (Phi) is 5.88. The third-order valence-electron chi connectivity index (χ3n) is 2.43. The van der Waals surface area contributed by atoms with E-state index in [4.69, 9.17) is 28.3 Å². The van der Waals surface area contributed by atoms with Crippen molar-refractivity contribution in [2.24, 2.45) is 5.14 Å². The van der Waals surface area contributed by atoms with Crippen molar-refractivity contribution in [1.82, 2.24) is 4.90 Å². The second-order valence-electron chi connectivity index (χ2n) is 4.39. The van der Waals surface area contributed by atoms with E-state index in [9.17, 15) is 8.42 Å². The summed E-state index contributed by atoms with van der Waals surface area (Å²) in [6.07, 6.45) is 0.913. The van der Waals surface area contributed by atoms with Gasteiger partial charge in [-0.1, -0.05) is 23.2 Å². The number of rotatable bonds is 6. The molecule has 108 valence electrons. The molecule has 0 saturated carbocycles. The van der Waals surface area contributed by atoms with Crippen LogP contribution in [0.3, 0.4) is 0 Å². The van der Waals surface area contributed by atoms with E-state index in [1.54, 1.807) is 0 Å². The predicted octanol–water partition coefficient (Wildman–Crippen LogP) is 2.00. The minimum atomic E-state index is -3.80. The van der Waals surface area contributed by atoms with Crippen molar-refractivity contribution in [2.75, 3.05) is 32.5 Å². The number of nitrogens with zero attached hydrogens (tertiary/aromatic N) is 1. The van der Waals surface area contributed by atoms with Crippen LogP contribution in [-0.2, 0) is 10.0 Å². The normalized spacial score (nSPS) is 11.9. The Hall–Kier alpha value is -0.530. The summed E-state index contributed by atoms with van der Waals surface area (Å²) in [4.78, 5) is 1.97. The summed E-state index contributed by atoms with van der Waals surface area (Å²) >= 11 is 12.0. The van der Waals surface area contributed by atoms with Crippen LogP contribution in [-0.4, -0.2) is 40.5 Å². The third-order valence-corrected chi connectivity index (χ3v) is 3.92. The summed E-state index contributed by atoms with van der Waals surface area (Å²) in [6.45, 7) is 1.61. The SMILES string of the molecule is CN(C)CCCNc1c(Cl)cc(S(N)(=O)=O)cc1Cl. The highest BCUT2D eigenvalue weighted by Gasteiger charge is 2.14. The number of primary sulfonamides is 1. The van der Waals surface area contributed by atoms with Crippen molar-refractivity contribution >= 4 is 38.9 Å². The van der Waals surface area contributed by atoms with Gasteiger partial charge in [-0.3, -0.25) is 0 Å². The van der Waals surface area contributed by atoms with Crippen LogP contribution in [0.4, 0.5) is 5.69 Å². The van der Waals surface area contributed by atoms with Crippen LogP contribution in [0.25, 0.3) is 0 Å². The number of anilines is 1. The van der Waals surface area contributed by atoms with Crippen LogP contribution in [0.5, 0.6) is 0 Å². The zero-order chi connectivity index (χ0) is 14.6. The molecule has 0 fully saturated rings. The lowest BCUT2D eigenvalue weighted by molar-refractivity contribution is 0.405. The quantitative estimate of drug-likeness (QED) is 0.784. The number of nitrogens with two attached hydrogens (primary N) is 1. The molecular formula is C11H17Cl2N3O2S. The highest BCUT2D eigenvalue weighted by atomic mass is 35.5. The molecule has 19 heavy (non-hydrogen) atoms. The number of hydrogen-bond acceptors (Lipinski definition) is 4. The van der Waals surface area contributed by atoms with Gasteiger partial charge in [0.15, 0.2) is 0 Å². The number of nitrogens with one attached hydrogen (secondary N) is 1. The van der Waals surface area contributed by atoms with E-state index >= 15 is 0 Å². The summed E-state index contributed by atoms with van der Waals surface area (Å²) < 4.78 is 22.4. The van der Waals surface area contributed by atoms with Crippen molar-refractivity contribution in [1.29, 1.82) is 0 Å². The van der Waals surface area contributed by atoms with E-state index in [1.165, 1.54) is 12.1 Å². The molecule has 0 atom stereocenters. The van der Waals surface area contributed by atoms with Gasteiger partial charge < -0.3 is 10.2 Å². The Morgan fingerprint density at radius 2 is 1.79 bits per heavy atom. The molecule has 0 aliphatic carbocycles. The first-order valence-corrected chi connectivity index (χ1v) is 7.92. The molecule has 1 aromatic rings. The summed E-state index contributed by atoms with van der Waals surface area (Å²) in [5, 5.41) is 8.59. The van der Waals surface area contributed by atoms with E-state index in [-0.39, 0.29) is 14.9 Å². The molecule has 1 rings (SSSR count). The number of hydrogen-bond donors (Lipinski definition) is 2. The fraction of sp³-hybridized carbons (Fsp3) is 0.455.